The molecule has 1 aliphatic heterocycles. The van der Waals surface area contributed by atoms with Gasteiger partial charge in [-0.05, 0) is 12.8 Å². The zero-order chi connectivity index (χ0) is 13.1. The molecule has 7 heteroatoms. The van der Waals surface area contributed by atoms with Gasteiger partial charge < -0.3 is 4.74 Å². The first-order valence-electron chi connectivity index (χ1n) is 5.74. The Kier molecular flexibility index (Phi) is 3.86. The number of esters is 1. The van der Waals surface area contributed by atoms with Gasteiger partial charge >= 0.3 is 5.97 Å². The predicted octanol–water partition coefficient (Wildman–Crippen LogP) is 1.18. The van der Waals surface area contributed by atoms with Gasteiger partial charge in [-0.1, -0.05) is 0 Å². The highest BCUT2D eigenvalue weighted by molar-refractivity contribution is 6.18. The van der Waals surface area contributed by atoms with Crippen molar-refractivity contribution in [3.63, 3.8) is 0 Å². The smallest absolute Gasteiger partial charge is 0.356 e. The van der Waals surface area contributed by atoms with Crippen molar-refractivity contribution in [1.29, 1.82) is 0 Å². The van der Waals surface area contributed by atoms with Gasteiger partial charge in [0.2, 0.25) is 5.91 Å². The highest BCUT2D eigenvalue weighted by atomic mass is 35.5. The summed E-state index contributed by atoms with van der Waals surface area (Å²) in [6.45, 7) is 2.56. The van der Waals surface area contributed by atoms with Gasteiger partial charge in [0.25, 0.3) is 0 Å². The van der Waals surface area contributed by atoms with Crippen molar-refractivity contribution in [1.82, 2.24) is 10.2 Å². The minimum Gasteiger partial charge on any atom is -0.461 e. The Labute approximate surface area is 109 Å². The number of hydrogen-bond acceptors (Lipinski definition) is 4. The molecule has 18 heavy (non-hydrogen) atoms. The maximum absolute atomic E-state index is 11.7. The second kappa shape index (κ2) is 5.39. The molecule has 0 bridgehead atoms. The maximum Gasteiger partial charge on any atom is 0.356 e. The van der Waals surface area contributed by atoms with Crippen LogP contribution in [0.3, 0.4) is 0 Å². The highest BCUT2D eigenvalue weighted by Gasteiger charge is 2.31. The monoisotopic (exact) mass is 271 g/mol. The lowest BCUT2D eigenvalue weighted by Gasteiger charge is -2.11. The first-order chi connectivity index (χ1) is 8.65. The zero-order valence-corrected chi connectivity index (χ0v) is 10.7. The van der Waals surface area contributed by atoms with Gasteiger partial charge in [-0.3, -0.25) is 14.8 Å². The summed E-state index contributed by atoms with van der Waals surface area (Å²) in [4.78, 5) is 24.7. The van der Waals surface area contributed by atoms with Crippen molar-refractivity contribution in [2.75, 3.05) is 23.9 Å². The summed E-state index contributed by atoms with van der Waals surface area (Å²) in [5, 5.41) is 6.53. The van der Waals surface area contributed by atoms with Crippen molar-refractivity contribution in [3.8, 4) is 0 Å². The lowest BCUT2D eigenvalue weighted by atomic mass is 10.1. The molecule has 0 aliphatic carbocycles. The number of alkyl halides is 1. The average molecular weight is 272 g/mol. The van der Waals surface area contributed by atoms with Crippen molar-refractivity contribution in [3.05, 3.63) is 11.8 Å². The van der Waals surface area contributed by atoms with Gasteiger partial charge in [0.1, 0.15) is 5.69 Å². The topological polar surface area (TPSA) is 75.3 Å². The quantitative estimate of drug-likeness (QED) is 0.659. The van der Waals surface area contributed by atoms with Crippen molar-refractivity contribution >= 4 is 29.3 Å². The van der Waals surface area contributed by atoms with E-state index in [2.05, 4.69) is 10.2 Å². The third-order valence-corrected chi connectivity index (χ3v) is 3.20. The molecular formula is C11H14ClN3O3. The van der Waals surface area contributed by atoms with E-state index in [0.717, 1.165) is 0 Å². The largest absolute Gasteiger partial charge is 0.461 e. The van der Waals surface area contributed by atoms with Crippen LogP contribution in [0.2, 0.25) is 0 Å². The van der Waals surface area contributed by atoms with Gasteiger partial charge in [0, 0.05) is 24.9 Å². The van der Waals surface area contributed by atoms with E-state index in [1.165, 1.54) is 11.0 Å². The fourth-order valence-corrected chi connectivity index (χ4v) is 2.08. The van der Waals surface area contributed by atoms with Crippen LogP contribution in [-0.2, 0) is 9.53 Å². The van der Waals surface area contributed by atoms with Crippen LogP contribution in [0.5, 0.6) is 0 Å². The van der Waals surface area contributed by atoms with Crippen LogP contribution in [0.4, 0.5) is 5.82 Å². The van der Waals surface area contributed by atoms with E-state index in [9.17, 15) is 9.59 Å². The molecule has 1 aromatic heterocycles. The summed E-state index contributed by atoms with van der Waals surface area (Å²) in [6.07, 6.45) is 0.422. The summed E-state index contributed by atoms with van der Waals surface area (Å²) >= 11 is 5.74. The molecule has 1 N–H and O–H groups in total. The molecule has 1 atom stereocenters. The molecule has 1 aliphatic rings. The number of aromatic nitrogens is 2. The Morgan fingerprint density at radius 2 is 2.50 bits per heavy atom. The summed E-state index contributed by atoms with van der Waals surface area (Å²) in [5.74, 6) is 0.522. The third kappa shape index (κ3) is 2.48. The number of aromatic amines is 1. The molecule has 1 saturated heterocycles. The number of nitrogens with one attached hydrogen (secondary N) is 1. The summed E-state index contributed by atoms with van der Waals surface area (Å²) in [7, 11) is 0. The summed E-state index contributed by atoms with van der Waals surface area (Å²) in [6, 6.07) is 1.52. The number of rotatable bonds is 4. The fraction of sp³-hybridized carbons (Fsp3) is 0.545. The second-order valence-electron chi connectivity index (χ2n) is 4.09. The SMILES string of the molecule is CCOC(=O)c1cc(N2CC(CCl)CC2=O)n[nH]1. The molecule has 1 fully saturated rings. The lowest BCUT2D eigenvalue weighted by Crippen LogP contribution is -2.25. The molecule has 2 heterocycles. The zero-order valence-electron chi connectivity index (χ0n) is 9.98. The van der Waals surface area contributed by atoms with Gasteiger partial charge in [-0.2, -0.15) is 5.10 Å². The standard InChI is InChI=1S/C11H14ClN3O3/c1-2-18-11(17)8-4-9(14-13-8)15-6-7(5-12)3-10(15)16/h4,7H,2-3,5-6H2,1H3,(H,13,14). The number of ether oxygens (including phenoxy) is 1. The van der Waals surface area contributed by atoms with E-state index in [0.29, 0.717) is 31.3 Å². The summed E-state index contributed by atoms with van der Waals surface area (Å²) < 4.78 is 4.84. The van der Waals surface area contributed by atoms with Gasteiger partial charge in [0.05, 0.1) is 6.61 Å². The number of hydrogen-bond donors (Lipinski definition) is 1. The number of amides is 1. The third-order valence-electron chi connectivity index (χ3n) is 2.76. The number of carbonyl (C=O) groups excluding carboxylic acids is 2. The Hall–Kier alpha value is -1.56. The van der Waals surface area contributed by atoms with Gasteiger partial charge in [-0.15, -0.1) is 11.6 Å². The second-order valence-corrected chi connectivity index (χ2v) is 4.40. The highest BCUT2D eigenvalue weighted by Crippen LogP contribution is 2.24. The number of halogens is 1. The van der Waals surface area contributed by atoms with Crippen LogP contribution in [0.1, 0.15) is 23.8 Å². The average Bonchev–Trinajstić information content (AvgIpc) is 2.95. The van der Waals surface area contributed by atoms with Crippen LogP contribution < -0.4 is 4.90 Å². The molecule has 2 rings (SSSR count). The van der Waals surface area contributed by atoms with Gasteiger partial charge in [0.15, 0.2) is 5.82 Å². The number of carbonyl (C=O) groups is 2. The van der Waals surface area contributed by atoms with E-state index in [1.54, 1.807) is 6.92 Å². The minimum atomic E-state index is -0.475. The number of nitrogens with zero attached hydrogens (tertiary/aromatic N) is 2. The van der Waals surface area contributed by atoms with E-state index >= 15 is 0 Å². The molecule has 0 spiro atoms. The van der Waals surface area contributed by atoms with Crippen LogP contribution in [-0.4, -0.2) is 41.1 Å². The fourth-order valence-electron chi connectivity index (χ4n) is 1.87. The van der Waals surface area contributed by atoms with E-state index in [4.69, 9.17) is 16.3 Å². The molecule has 1 unspecified atom stereocenters. The maximum atomic E-state index is 11.7. The number of anilines is 1. The molecule has 98 valence electrons. The van der Waals surface area contributed by atoms with Crippen LogP contribution in [0.25, 0.3) is 0 Å². The van der Waals surface area contributed by atoms with Crippen LogP contribution in [0.15, 0.2) is 6.07 Å². The molecule has 1 amide bonds. The number of H-pyrrole nitrogens is 1. The van der Waals surface area contributed by atoms with Crippen molar-refractivity contribution in [2.24, 2.45) is 5.92 Å². The lowest BCUT2D eigenvalue weighted by molar-refractivity contribution is -0.117. The molecule has 0 saturated carbocycles. The molecule has 0 radical (unpaired) electrons. The Morgan fingerprint density at radius 1 is 1.72 bits per heavy atom. The van der Waals surface area contributed by atoms with Crippen molar-refractivity contribution in [2.45, 2.75) is 13.3 Å². The summed E-state index contributed by atoms with van der Waals surface area (Å²) in [5.41, 5.74) is 0.244. The first-order valence-corrected chi connectivity index (χ1v) is 6.28. The van der Waals surface area contributed by atoms with Crippen molar-refractivity contribution < 1.29 is 14.3 Å². The Balaban J connectivity index is 2.11. The molecule has 1 aromatic rings. The van der Waals surface area contributed by atoms with E-state index < -0.39 is 5.97 Å². The predicted molar refractivity (Wildman–Crippen MR) is 65.7 cm³/mol. The van der Waals surface area contributed by atoms with E-state index in [-0.39, 0.29) is 17.5 Å². The van der Waals surface area contributed by atoms with Gasteiger partial charge in [-0.25, -0.2) is 4.79 Å². The molecular weight excluding hydrogens is 258 g/mol. The first kappa shape index (κ1) is 12.9. The molecule has 0 aromatic carbocycles. The van der Waals surface area contributed by atoms with Crippen LogP contribution >= 0.6 is 11.6 Å². The minimum absolute atomic E-state index is 0.0254. The normalized spacial score (nSPS) is 19.3. The Bertz CT molecular complexity index is 460. The van der Waals surface area contributed by atoms with Crippen LogP contribution in [0, 0.1) is 5.92 Å². The van der Waals surface area contributed by atoms with E-state index in [1.807, 2.05) is 0 Å². The Morgan fingerprint density at radius 3 is 3.11 bits per heavy atom. The molecule has 6 nitrogen and oxygen atoms in total.